The van der Waals surface area contributed by atoms with E-state index in [4.69, 9.17) is 17.3 Å². The minimum absolute atomic E-state index is 0.280. The summed E-state index contributed by atoms with van der Waals surface area (Å²) < 4.78 is 0. The number of carbonyl (C=O) groups is 1. The molecule has 1 fully saturated rings. The Morgan fingerprint density at radius 2 is 2.30 bits per heavy atom. The lowest BCUT2D eigenvalue weighted by Crippen LogP contribution is -2.50. The first kappa shape index (κ1) is 15.1. The van der Waals surface area contributed by atoms with Crippen LogP contribution in [0.5, 0.6) is 0 Å². The SMILES string of the molecule is CC1(C)CCCNC1CNc1ccc(C(N)=O)c(Cl)c1. The number of benzene rings is 1. The van der Waals surface area contributed by atoms with Crippen LogP contribution < -0.4 is 16.4 Å². The topological polar surface area (TPSA) is 67.2 Å². The molecule has 4 N–H and O–H groups in total. The third-order valence-corrected chi connectivity index (χ3v) is 4.39. The summed E-state index contributed by atoms with van der Waals surface area (Å²) in [5.41, 5.74) is 6.78. The molecule has 1 aliphatic heterocycles. The van der Waals surface area contributed by atoms with Crippen molar-refractivity contribution < 1.29 is 4.79 Å². The molecule has 1 aliphatic rings. The Hall–Kier alpha value is -1.26. The molecule has 1 saturated heterocycles. The molecule has 0 aromatic heterocycles. The van der Waals surface area contributed by atoms with Crippen molar-refractivity contribution in [2.24, 2.45) is 11.1 Å². The van der Waals surface area contributed by atoms with Crippen molar-refractivity contribution >= 4 is 23.2 Å². The second kappa shape index (κ2) is 6.02. The van der Waals surface area contributed by atoms with E-state index in [-0.39, 0.29) is 5.41 Å². The van der Waals surface area contributed by atoms with Gasteiger partial charge in [-0.2, -0.15) is 0 Å². The lowest BCUT2D eigenvalue weighted by Gasteiger charge is -2.39. The van der Waals surface area contributed by atoms with E-state index in [0.29, 0.717) is 16.6 Å². The molecular formula is C15H22ClN3O. The number of hydrogen-bond donors (Lipinski definition) is 3. The van der Waals surface area contributed by atoms with Crippen LogP contribution in [0.1, 0.15) is 37.0 Å². The Morgan fingerprint density at radius 3 is 2.90 bits per heavy atom. The fourth-order valence-corrected chi connectivity index (χ4v) is 2.94. The molecular weight excluding hydrogens is 274 g/mol. The Balaban J connectivity index is 2.00. The molecule has 0 aliphatic carbocycles. The summed E-state index contributed by atoms with van der Waals surface area (Å²) in [5.74, 6) is -0.503. The van der Waals surface area contributed by atoms with Crippen molar-refractivity contribution in [3.63, 3.8) is 0 Å². The monoisotopic (exact) mass is 295 g/mol. The lowest BCUT2D eigenvalue weighted by molar-refractivity contribution is 0.100. The number of amides is 1. The van der Waals surface area contributed by atoms with Gasteiger partial charge in [0.1, 0.15) is 0 Å². The van der Waals surface area contributed by atoms with Crippen molar-refractivity contribution in [3.8, 4) is 0 Å². The van der Waals surface area contributed by atoms with Crippen LogP contribution in [0.15, 0.2) is 18.2 Å². The summed E-state index contributed by atoms with van der Waals surface area (Å²) in [6, 6.07) is 5.66. The molecule has 1 atom stereocenters. The minimum atomic E-state index is -0.503. The number of nitrogens with two attached hydrogens (primary N) is 1. The molecule has 5 heteroatoms. The van der Waals surface area contributed by atoms with E-state index in [1.54, 1.807) is 12.1 Å². The average Bonchev–Trinajstić information content (AvgIpc) is 2.36. The molecule has 0 spiro atoms. The summed E-state index contributed by atoms with van der Waals surface area (Å²) in [4.78, 5) is 11.1. The predicted molar refractivity (Wildman–Crippen MR) is 83.3 cm³/mol. The number of rotatable bonds is 4. The number of primary amides is 1. The van der Waals surface area contributed by atoms with Crippen molar-refractivity contribution in [3.05, 3.63) is 28.8 Å². The van der Waals surface area contributed by atoms with Gasteiger partial charge >= 0.3 is 0 Å². The first-order valence-corrected chi connectivity index (χ1v) is 7.34. The van der Waals surface area contributed by atoms with Crippen LogP contribution in [0, 0.1) is 5.41 Å². The zero-order valence-corrected chi connectivity index (χ0v) is 12.8. The first-order valence-electron chi connectivity index (χ1n) is 6.97. The van der Waals surface area contributed by atoms with E-state index < -0.39 is 5.91 Å². The summed E-state index contributed by atoms with van der Waals surface area (Å²) in [6.45, 7) is 6.47. The standard InChI is InChI=1S/C15H22ClN3O/c1-15(2)6-3-7-18-13(15)9-19-10-4-5-11(14(17)20)12(16)8-10/h4-5,8,13,18-19H,3,6-7,9H2,1-2H3,(H2,17,20). The zero-order valence-electron chi connectivity index (χ0n) is 12.0. The normalized spacial score (nSPS) is 21.4. The molecule has 1 aromatic carbocycles. The van der Waals surface area contributed by atoms with Crippen molar-refractivity contribution in [2.75, 3.05) is 18.4 Å². The maximum Gasteiger partial charge on any atom is 0.250 e. The summed E-state index contributed by atoms with van der Waals surface area (Å²) in [7, 11) is 0. The highest BCUT2D eigenvalue weighted by molar-refractivity contribution is 6.34. The van der Waals surface area contributed by atoms with Gasteiger partial charge in [0.05, 0.1) is 10.6 Å². The van der Waals surface area contributed by atoms with Gasteiger partial charge < -0.3 is 16.4 Å². The minimum Gasteiger partial charge on any atom is -0.383 e. The number of nitrogens with one attached hydrogen (secondary N) is 2. The van der Waals surface area contributed by atoms with Crippen molar-refractivity contribution in [1.29, 1.82) is 0 Å². The van der Waals surface area contributed by atoms with Gasteiger partial charge in [0.25, 0.3) is 0 Å². The number of anilines is 1. The van der Waals surface area contributed by atoms with Gasteiger partial charge in [0.2, 0.25) is 5.91 Å². The quantitative estimate of drug-likeness (QED) is 0.800. The second-order valence-electron chi connectivity index (χ2n) is 6.04. The van der Waals surface area contributed by atoms with Crippen molar-refractivity contribution in [2.45, 2.75) is 32.7 Å². The van der Waals surface area contributed by atoms with Gasteiger partial charge in [-0.3, -0.25) is 4.79 Å². The summed E-state index contributed by atoms with van der Waals surface area (Å²) >= 11 is 6.05. The van der Waals surface area contributed by atoms with Crippen molar-refractivity contribution in [1.82, 2.24) is 5.32 Å². The molecule has 1 amide bonds. The highest BCUT2D eigenvalue weighted by Crippen LogP contribution is 2.30. The smallest absolute Gasteiger partial charge is 0.250 e. The van der Waals surface area contributed by atoms with Gasteiger partial charge in [-0.15, -0.1) is 0 Å². The fraction of sp³-hybridized carbons (Fsp3) is 0.533. The third kappa shape index (κ3) is 3.44. The van der Waals surface area contributed by atoms with E-state index in [9.17, 15) is 4.79 Å². The van der Waals surface area contributed by atoms with E-state index in [2.05, 4.69) is 24.5 Å². The average molecular weight is 296 g/mol. The van der Waals surface area contributed by atoms with E-state index >= 15 is 0 Å². The van der Waals surface area contributed by atoms with Crippen LogP contribution in [0.3, 0.4) is 0 Å². The molecule has 1 aromatic rings. The molecule has 2 rings (SSSR count). The molecule has 0 saturated carbocycles. The van der Waals surface area contributed by atoms with Crippen LogP contribution in [0.25, 0.3) is 0 Å². The predicted octanol–water partition coefficient (Wildman–Crippen LogP) is 2.63. The maximum absolute atomic E-state index is 11.1. The summed E-state index contributed by atoms with van der Waals surface area (Å²) in [5, 5.41) is 7.32. The highest BCUT2D eigenvalue weighted by atomic mass is 35.5. The van der Waals surface area contributed by atoms with Gasteiger partial charge in [0.15, 0.2) is 0 Å². The fourth-order valence-electron chi connectivity index (χ4n) is 2.66. The molecule has 1 heterocycles. The lowest BCUT2D eigenvalue weighted by atomic mass is 9.77. The second-order valence-corrected chi connectivity index (χ2v) is 6.45. The van der Waals surface area contributed by atoms with E-state index in [1.807, 2.05) is 6.07 Å². The Kier molecular flexibility index (Phi) is 4.55. The highest BCUT2D eigenvalue weighted by Gasteiger charge is 2.31. The number of hydrogen-bond acceptors (Lipinski definition) is 3. The van der Waals surface area contributed by atoms with E-state index in [0.717, 1.165) is 18.8 Å². The van der Waals surface area contributed by atoms with Gasteiger partial charge in [-0.1, -0.05) is 25.4 Å². The Labute approximate surface area is 125 Å². The zero-order chi connectivity index (χ0) is 14.8. The molecule has 110 valence electrons. The van der Waals surface area contributed by atoms with Crippen LogP contribution in [0.2, 0.25) is 5.02 Å². The molecule has 0 bridgehead atoms. The van der Waals surface area contributed by atoms with Gasteiger partial charge in [-0.25, -0.2) is 0 Å². The molecule has 20 heavy (non-hydrogen) atoms. The van der Waals surface area contributed by atoms with Crippen LogP contribution >= 0.6 is 11.6 Å². The van der Waals surface area contributed by atoms with Gasteiger partial charge in [-0.05, 0) is 43.0 Å². The maximum atomic E-state index is 11.1. The largest absolute Gasteiger partial charge is 0.383 e. The first-order chi connectivity index (χ1) is 9.40. The number of carbonyl (C=O) groups excluding carboxylic acids is 1. The molecule has 4 nitrogen and oxygen atoms in total. The molecule has 0 radical (unpaired) electrons. The van der Waals surface area contributed by atoms with Crippen LogP contribution in [-0.4, -0.2) is 25.0 Å². The van der Waals surface area contributed by atoms with Gasteiger partial charge in [0, 0.05) is 18.3 Å². The summed E-state index contributed by atoms with van der Waals surface area (Å²) in [6.07, 6.45) is 2.45. The molecule has 1 unspecified atom stereocenters. The number of piperidine rings is 1. The van der Waals surface area contributed by atoms with Crippen LogP contribution in [-0.2, 0) is 0 Å². The van der Waals surface area contributed by atoms with E-state index in [1.165, 1.54) is 12.8 Å². The van der Waals surface area contributed by atoms with Crippen LogP contribution in [0.4, 0.5) is 5.69 Å². The number of halogens is 1. The Morgan fingerprint density at radius 1 is 1.55 bits per heavy atom. The Bertz CT molecular complexity index is 502. The third-order valence-electron chi connectivity index (χ3n) is 4.08.